The monoisotopic (exact) mass is 541 g/mol. The lowest BCUT2D eigenvalue weighted by Gasteiger charge is -2.32. The van der Waals surface area contributed by atoms with Gasteiger partial charge in [-0.1, -0.05) is 37.5 Å². The molecule has 0 bridgehead atoms. The Morgan fingerprint density at radius 3 is 2.57 bits per heavy atom. The van der Waals surface area contributed by atoms with E-state index in [0.29, 0.717) is 39.0 Å². The van der Waals surface area contributed by atoms with Crippen molar-refractivity contribution >= 4 is 43.3 Å². The number of aryl methyl sites for hydroxylation is 1. The van der Waals surface area contributed by atoms with E-state index < -0.39 is 15.9 Å². The minimum atomic E-state index is -3.65. The summed E-state index contributed by atoms with van der Waals surface area (Å²) in [6, 6.07) is 12.1. The molecule has 1 N–H and O–H groups in total. The fourth-order valence-electron chi connectivity index (χ4n) is 4.81. The van der Waals surface area contributed by atoms with Gasteiger partial charge in [0.25, 0.3) is 5.91 Å². The van der Waals surface area contributed by atoms with Crippen molar-refractivity contribution in [3.05, 3.63) is 65.6 Å². The summed E-state index contributed by atoms with van der Waals surface area (Å²) in [4.78, 5) is 17.7. The predicted octanol–water partition coefficient (Wildman–Crippen LogP) is 5.53. The summed E-state index contributed by atoms with van der Waals surface area (Å²) in [6.07, 6.45) is 4.99. The van der Waals surface area contributed by atoms with Crippen LogP contribution in [0.25, 0.3) is 15.3 Å². The molecule has 0 radical (unpaired) electrons. The summed E-state index contributed by atoms with van der Waals surface area (Å²) in [5.74, 6) is -0.343. The normalized spacial score (nSPS) is 14.9. The van der Waals surface area contributed by atoms with Crippen LogP contribution in [-0.4, -0.2) is 46.0 Å². The Labute approximate surface area is 219 Å². The molecular weight excluding hydrogens is 513 g/mol. The zero-order valence-corrected chi connectivity index (χ0v) is 22.3. The number of carbonyl (C=O) groups is 1. The first kappa shape index (κ1) is 25.5. The van der Waals surface area contributed by atoms with E-state index in [1.165, 1.54) is 52.4 Å². The lowest BCUT2D eigenvalue weighted by atomic mass is 9.95. The molecule has 37 heavy (non-hydrogen) atoms. The molecule has 1 aliphatic rings. The van der Waals surface area contributed by atoms with E-state index in [2.05, 4.69) is 15.4 Å². The smallest absolute Gasteiger partial charge is 0.256 e. The number of anilines is 1. The standard InChI is InChI=1S/C26H28FN5O3S2/c1-3-31(20-7-5-4-6-8-20)37(34,35)21-12-9-18(10-13-21)25(33)29-24-15-17(2)30-32(24)26-28-22-14-11-19(27)16-23(22)36-26/h9-16,20H,3-8H2,1-2H3,(H,29,33). The minimum absolute atomic E-state index is 0.0225. The van der Waals surface area contributed by atoms with Crippen LogP contribution in [0.3, 0.4) is 0 Å². The molecule has 0 unspecified atom stereocenters. The number of sulfonamides is 1. The van der Waals surface area contributed by atoms with Crippen molar-refractivity contribution in [2.45, 2.75) is 56.9 Å². The number of nitrogens with one attached hydrogen (secondary N) is 1. The van der Waals surface area contributed by atoms with Gasteiger partial charge in [-0.15, -0.1) is 0 Å². The number of aromatic nitrogens is 3. The predicted molar refractivity (Wildman–Crippen MR) is 142 cm³/mol. The van der Waals surface area contributed by atoms with E-state index in [1.54, 1.807) is 23.4 Å². The fourth-order valence-corrected chi connectivity index (χ4v) is 7.46. The van der Waals surface area contributed by atoms with Crippen molar-refractivity contribution in [3.63, 3.8) is 0 Å². The van der Waals surface area contributed by atoms with Crippen LogP contribution in [0.5, 0.6) is 0 Å². The van der Waals surface area contributed by atoms with Crippen molar-refractivity contribution in [2.75, 3.05) is 11.9 Å². The van der Waals surface area contributed by atoms with Crippen molar-refractivity contribution in [3.8, 4) is 5.13 Å². The first-order valence-electron chi connectivity index (χ1n) is 12.3. The van der Waals surface area contributed by atoms with Crippen LogP contribution in [0.15, 0.2) is 53.4 Å². The molecule has 1 amide bonds. The molecule has 11 heteroatoms. The first-order valence-corrected chi connectivity index (χ1v) is 14.6. The topological polar surface area (TPSA) is 97.2 Å². The molecule has 8 nitrogen and oxygen atoms in total. The molecule has 1 fully saturated rings. The van der Waals surface area contributed by atoms with Gasteiger partial charge < -0.3 is 5.32 Å². The van der Waals surface area contributed by atoms with E-state index in [9.17, 15) is 17.6 Å². The minimum Gasteiger partial charge on any atom is -0.306 e. The molecule has 5 rings (SSSR count). The van der Waals surface area contributed by atoms with Crippen molar-refractivity contribution in [2.24, 2.45) is 0 Å². The third-order valence-electron chi connectivity index (χ3n) is 6.61. The highest BCUT2D eigenvalue weighted by molar-refractivity contribution is 7.89. The third-order valence-corrected chi connectivity index (χ3v) is 9.65. The Morgan fingerprint density at radius 2 is 1.86 bits per heavy atom. The van der Waals surface area contributed by atoms with Crippen LogP contribution in [0.1, 0.15) is 55.1 Å². The summed E-state index contributed by atoms with van der Waals surface area (Å²) < 4.78 is 44.0. The number of carbonyl (C=O) groups excluding carboxylic acids is 1. The van der Waals surface area contributed by atoms with Crippen molar-refractivity contribution < 1.29 is 17.6 Å². The second-order valence-corrected chi connectivity index (χ2v) is 12.1. The number of halogens is 1. The third kappa shape index (κ3) is 5.16. The SMILES string of the molecule is CCN(C1CCCCC1)S(=O)(=O)c1ccc(C(=O)Nc2cc(C)nn2-c2nc3ccc(F)cc3s2)cc1. The van der Waals surface area contributed by atoms with Crippen LogP contribution in [0.2, 0.25) is 0 Å². The van der Waals surface area contributed by atoms with Gasteiger partial charge in [-0.25, -0.2) is 17.8 Å². The highest BCUT2D eigenvalue weighted by atomic mass is 32.2. The molecule has 1 saturated carbocycles. The summed E-state index contributed by atoms with van der Waals surface area (Å²) in [7, 11) is -3.65. The first-order chi connectivity index (χ1) is 17.8. The van der Waals surface area contributed by atoms with Crippen LogP contribution in [0, 0.1) is 12.7 Å². The quantitative estimate of drug-likeness (QED) is 0.332. The highest BCUT2D eigenvalue weighted by Gasteiger charge is 2.31. The van der Waals surface area contributed by atoms with E-state index in [1.807, 2.05) is 6.92 Å². The summed E-state index contributed by atoms with van der Waals surface area (Å²) in [5, 5.41) is 7.77. The summed E-state index contributed by atoms with van der Waals surface area (Å²) in [5.41, 5.74) is 1.62. The maximum atomic E-state index is 13.6. The Morgan fingerprint density at radius 1 is 1.14 bits per heavy atom. The average Bonchev–Trinajstić information content (AvgIpc) is 3.47. The van der Waals surface area contributed by atoms with Crippen LogP contribution < -0.4 is 5.32 Å². The number of thiazole rings is 1. The molecule has 2 aromatic carbocycles. The van der Waals surface area contributed by atoms with Crippen molar-refractivity contribution in [1.29, 1.82) is 0 Å². The molecule has 194 valence electrons. The molecule has 2 heterocycles. The largest absolute Gasteiger partial charge is 0.306 e. The van der Waals surface area contributed by atoms with Crippen LogP contribution >= 0.6 is 11.3 Å². The molecule has 0 atom stereocenters. The van der Waals surface area contributed by atoms with Gasteiger partial charge in [0.15, 0.2) is 0 Å². The lowest BCUT2D eigenvalue weighted by Crippen LogP contribution is -2.41. The molecule has 4 aromatic rings. The molecule has 0 aliphatic heterocycles. The van der Waals surface area contributed by atoms with Gasteiger partial charge in [0, 0.05) is 24.2 Å². The Hall–Kier alpha value is -3.15. The van der Waals surface area contributed by atoms with Crippen LogP contribution in [-0.2, 0) is 10.0 Å². The zero-order valence-electron chi connectivity index (χ0n) is 20.6. The zero-order chi connectivity index (χ0) is 26.2. The maximum Gasteiger partial charge on any atom is 0.256 e. The number of hydrogen-bond acceptors (Lipinski definition) is 6. The maximum absolute atomic E-state index is 13.6. The number of fused-ring (bicyclic) bond motifs is 1. The lowest BCUT2D eigenvalue weighted by molar-refractivity contribution is 0.102. The van der Waals surface area contributed by atoms with Gasteiger partial charge in [0.2, 0.25) is 15.2 Å². The van der Waals surface area contributed by atoms with Gasteiger partial charge in [-0.2, -0.15) is 14.1 Å². The van der Waals surface area contributed by atoms with E-state index >= 15 is 0 Å². The number of rotatable bonds is 7. The van der Waals surface area contributed by atoms with Gasteiger partial charge in [0.05, 0.1) is 20.8 Å². The molecule has 0 saturated heterocycles. The fraction of sp³-hybridized carbons (Fsp3) is 0.346. The highest BCUT2D eigenvalue weighted by Crippen LogP contribution is 2.29. The van der Waals surface area contributed by atoms with Crippen LogP contribution in [0.4, 0.5) is 10.2 Å². The second-order valence-electron chi connectivity index (χ2n) is 9.17. The van der Waals surface area contributed by atoms with Gasteiger partial charge in [0.1, 0.15) is 11.6 Å². The van der Waals surface area contributed by atoms with Crippen molar-refractivity contribution in [1.82, 2.24) is 19.1 Å². The van der Waals surface area contributed by atoms with Gasteiger partial charge in [-0.05, 0) is 62.2 Å². The Bertz CT molecular complexity index is 1540. The average molecular weight is 542 g/mol. The summed E-state index contributed by atoms with van der Waals surface area (Å²) >= 11 is 1.26. The van der Waals surface area contributed by atoms with E-state index in [-0.39, 0.29) is 16.8 Å². The Kier molecular flexibility index (Phi) is 7.11. The molecule has 1 aliphatic carbocycles. The van der Waals surface area contributed by atoms with Gasteiger partial charge in [-0.3, -0.25) is 4.79 Å². The summed E-state index contributed by atoms with van der Waals surface area (Å²) in [6.45, 7) is 4.07. The molecule has 0 spiro atoms. The number of hydrogen-bond donors (Lipinski definition) is 1. The molecular formula is C26H28FN5O3S2. The van der Waals surface area contributed by atoms with E-state index in [4.69, 9.17) is 0 Å². The molecule has 2 aromatic heterocycles. The Balaban J connectivity index is 1.36. The second kappa shape index (κ2) is 10.3. The van der Waals surface area contributed by atoms with Gasteiger partial charge >= 0.3 is 0 Å². The van der Waals surface area contributed by atoms with E-state index in [0.717, 1.165) is 32.1 Å². The number of benzene rings is 2. The number of nitrogens with zero attached hydrogens (tertiary/aromatic N) is 4. The number of amides is 1.